The van der Waals surface area contributed by atoms with Gasteiger partial charge in [-0.1, -0.05) is 49.7 Å². The van der Waals surface area contributed by atoms with Crippen molar-refractivity contribution >= 4 is 16.8 Å². The maximum Gasteiger partial charge on any atom is 0.255 e. The number of hydrogen-bond acceptors (Lipinski definition) is 1. The third kappa shape index (κ3) is 2.15. The average Bonchev–Trinajstić information content (AvgIpc) is 3.09. The third-order valence-corrected chi connectivity index (χ3v) is 5.03. The number of amides is 1. The van der Waals surface area contributed by atoms with Crippen molar-refractivity contribution in [3.8, 4) is 0 Å². The molecule has 1 aromatic heterocycles. The molecule has 24 heavy (non-hydrogen) atoms. The molecule has 0 bridgehead atoms. The van der Waals surface area contributed by atoms with Crippen LogP contribution in [0.2, 0.25) is 0 Å². The second-order valence-corrected chi connectivity index (χ2v) is 6.55. The Bertz CT molecular complexity index is 909. The minimum Gasteiger partial charge on any atom is -0.350 e. The number of fused-ring (bicyclic) bond motifs is 2. The highest BCUT2D eigenvalue weighted by atomic mass is 16.2. The van der Waals surface area contributed by atoms with Crippen LogP contribution in [0.3, 0.4) is 0 Å². The molecule has 1 aliphatic heterocycles. The molecule has 3 heteroatoms. The van der Waals surface area contributed by atoms with E-state index in [0.29, 0.717) is 0 Å². The lowest BCUT2D eigenvalue weighted by Gasteiger charge is -2.25. The molecule has 2 heterocycles. The Morgan fingerprint density at radius 1 is 1.00 bits per heavy atom. The number of para-hydroxylation sites is 1. The van der Waals surface area contributed by atoms with Crippen LogP contribution in [-0.4, -0.2) is 21.9 Å². The molecular formula is C21H22N2O. The second-order valence-electron chi connectivity index (χ2n) is 6.55. The quantitative estimate of drug-likeness (QED) is 0.694. The number of rotatable bonds is 4. The smallest absolute Gasteiger partial charge is 0.255 e. The predicted molar refractivity (Wildman–Crippen MR) is 97.1 cm³/mol. The summed E-state index contributed by atoms with van der Waals surface area (Å²) in [6.07, 6.45) is 4.30. The van der Waals surface area contributed by atoms with Crippen molar-refractivity contribution in [2.75, 3.05) is 6.54 Å². The van der Waals surface area contributed by atoms with Gasteiger partial charge in [0, 0.05) is 41.8 Å². The normalized spacial score (nSPS) is 16.8. The Morgan fingerprint density at radius 3 is 2.58 bits per heavy atom. The SMILES string of the molecule is CCCCN1C(=O)c2ccccc2[C@H]1c1cn(C)c2ccccc12. The van der Waals surface area contributed by atoms with Gasteiger partial charge in [-0.05, 0) is 24.1 Å². The topological polar surface area (TPSA) is 25.2 Å². The molecule has 1 aliphatic rings. The van der Waals surface area contributed by atoms with Gasteiger partial charge in [0.2, 0.25) is 0 Å². The number of unbranched alkanes of at least 4 members (excludes halogenated alkanes) is 1. The van der Waals surface area contributed by atoms with Crippen LogP contribution in [0.25, 0.3) is 10.9 Å². The van der Waals surface area contributed by atoms with E-state index in [4.69, 9.17) is 0 Å². The maximum atomic E-state index is 12.9. The molecule has 0 saturated heterocycles. The van der Waals surface area contributed by atoms with E-state index in [2.05, 4.69) is 60.0 Å². The van der Waals surface area contributed by atoms with Gasteiger partial charge in [-0.2, -0.15) is 0 Å². The summed E-state index contributed by atoms with van der Waals surface area (Å²) in [4.78, 5) is 15.0. The van der Waals surface area contributed by atoms with E-state index >= 15 is 0 Å². The molecule has 0 spiro atoms. The zero-order chi connectivity index (χ0) is 16.7. The van der Waals surface area contributed by atoms with Crippen molar-refractivity contribution in [2.45, 2.75) is 25.8 Å². The van der Waals surface area contributed by atoms with E-state index in [1.54, 1.807) is 0 Å². The summed E-state index contributed by atoms with van der Waals surface area (Å²) in [5, 5.41) is 1.23. The monoisotopic (exact) mass is 318 g/mol. The highest BCUT2D eigenvalue weighted by Crippen LogP contribution is 2.41. The van der Waals surface area contributed by atoms with Crippen LogP contribution in [0.1, 0.15) is 47.3 Å². The first-order valence-corrected chi connectivity index (χ1v) is 8.66. The fraction of sp³-hybridized carbons (Fsp3) is 0.286. The highest BCUT2D eigenvalue weighted by molar-refractivity contribution is 6.00. The van der Waals surface area contributed by atoms with Gasteiger partial charge in [0.25, 0.3) is 5.91 Å². The van der Waals surface area contributed by atoms with Crippen LogP contribution in [0.15, 0.2) is 54.7 Å². The summed E-state index contributed by atoms with van der Waals surface area (Å²) in [6, 6.07) is 16.5. The molecule has 1 amide bonds. The first kappa shape index (κ1) is 15.0. The summed E-state index contributed by atoms with van der Waals surface area (Å²) in [5.41, 5.74) is 4.42. The number of hydrogen-bond donors (Lipinski definition) is 0. The number of carbonyl (C=O) groups is 1. The Hall–Kier alpha value is -2.55. The molecule has 0 unspecified atom stereocenters. The highest BCUT2D eigenvalue weighted by Gasteiger charge is 2.38. The Labute approximate surface area is 142 Å². The van der Waals surface area contributed by atoms with E-state index in [-0.39, 0.29) is 11.9 Å². The van der Waals surface area contributed by atoms with E-state index in [0.717, 1.165) is 30.5 Å². The Balaban J connectivity index is 1.91. The van der Waals surface area contributed by atoms with Gasteiger partial charge in [0.05, 0.1) is 6.04 Å². The van der Waals surface area contributed by atoms with Crippen molar-refractivity contribution in [3.63, 3.8) is 0 Å². The number of nitrogens with zero attached hydrogens (tertiary/aromatic N) is 2. The number of aryl methyl sites for hydroxylation is 1. The van der Waals surface area contributed by atoms with Gasteiger partial charge >= 0.3 is 0 Å². The molecule has 4 rings (SSSR count). The fourth-order valence-electron chi connectivity index (χ4n) is 3.86. The van der Waals surface area contributed by atoms with Crippen molar-refractivity contribution in [1.29, 1.82) is 0 Å². The standard InChI is InChI=1S/C21H22N2O/c1-3-4-13-23-20(16-10-5-6-11-17(16)21(23)24)18-14-22(2)19-12-8-7-9-15(18)19/h5-12,14,20H,3-4,13H2,1-2H3/t20-/m0/s1. The van der Waals surface area contributed by atoms with Crippen LogP contribution in [0, 0.1) is 0 Å². The van der Waals surface area contributed by atoms with Gasteiger partial charge in [0.1, 0.15) is 0 Å². The van der Waals surface area contributed by atoms with Crippen molar-refractivity contribution < 1.29 is 4.79 Å². The van der Waals surface area contributed by atoms with E-state index in [1.807, 2.05) is 18.2 Å². The lowest BCUT2D eigenvalue weighted by molar-refractivity contribution is 0.0748. The minimum absolute atomic E-state index is 0.0198. The van der Waals surface area contributed by atoms with Gasteiger partial charge in [-0.25, -0.2) is 0 Å². The summed E-state index contributed by atoms with van der Waals surface area (Å²) >= 11 is 0. The van der Waals surface area contributed by atoms with Crippen LogP contribution >= 0.6 is 0 Å². The summed E-state index contributed by atoms with van der Waals surface area (Å²) < 4.78 is 2.16. The van der Waals surface area contributed by atoms with Gasteiger partial charge in [0.15, 0.2) is 0 Å². The minimum atomic E-state index is 0.0198. The molecule has 0 N–H and O–H groups in total. The van der Waals surface area contributed by atoms with E-state index in [1.165, 1.54) is 16.5 Å². The molecule has 3 aromatic rings. The second kappa shape index (κ2) is 5.82. The number of aromatic nitrogens is 1. The van der Waals surface area contributed by atoms with E-state index in [9.17, 15) is 4.79 Å². The first-order chi connectivity index (χ1) is 11.7. The number of benzene rings is 2. The molecule has 0 aliphatic carbocycles. The molecule has 3 nitrogen and oxygen atoms in total. The van der Waals surface area contributed by atoms with Crippen LogP contribution in [0.4, 0.5) is 0 Å². The Kier molecular flexibility index (Phi) is 3.64. The zero-order valence-corrected chi connectivity index (χ0v) is 14.2. The first-order valence-electron chi connectivity index (χ1n) is 8.66. The lowest BCUT2D eigenvalue weighted by atomic mass is 9.97. The molecule has 0 fully saturated rings. The molecule has 1 atom stereocenters. The van der Waals surface area contributed by atoms with Crippen molar-refractivity contribution in [1.82, 2.24) is 9.47 Å². The molecule has 2 aromatic carbocycles. The van der Waals surface area contributed by atoms with Gasteiger partial charge < -0.3 is 9.47 Å². The zero-order valence-electron chi connectivity index (χ0n) is 14.2. The lowest BCUT2D eigenvalue weighted by Crippen LogP contribution is -2.29. The third-order valence-electron chi connectivity index (χ3n) is 5.03. The molecular weight excluding hydrogens is 296 g/mol. The number of carbonyl (C=O) groups excluding carboxylic acids is 1. The average molecular weight is 318 g/mol. The summed E-state index contributed by atoms with van der Waals surface area (Å²) in [5.74, 6) is 0.164. The van der Waals surface area contributed by atoms with Crippen LogP contribution in [-0.2, 0) is 7.05 Å². The fourth-order valence-corrected chi connectivity index (χ4v) is 3.86. The van der Waals surface area contributed by atoms with Gasteiger partial charge in [-0.3, -0.25) is 4.79 Å². The van der Waals surface area contributed by atoms with Crippen molar-refractivity contribution in [2.24, 2.45) is 7.05 Å². The molecule has 0 saturated carbocycles. The largest absolute Gasteiger partial charge is 0.350 e. The van der Waals surface area contributed by atoms with Gasteiger partial charge in [-0.15, -0.1) is 0 Å². The summed E-state index contributed by atoms with van der Waals surface area (Å²) in [6.45, 7) is 2.97. The Morgan fingerprint density at radius 2 is 1.75 bits per heavy atom. The summed E-state index contributed by atoms with van der Waals surface area (Å²) in [7, 11) is 2.07. The predicted octanol–water partition coefficient (Wildman–Crippen LogP) is 4.52. The molecule has 0 radical (unpaired) electrons. The maximum absolute atomic E-state index is 12.9. The van der Waals surface area contributed by atoms with E-state index < -0.39 is 0 Å². The van der Waals surface area contributed by atoms with Crippen molar-refractivity contribution in [3.05, 3.63) is 71.4 Å². The van der Waals surface area contributed by atoms with Crippen LogP contribution in [0.5, 0.6) is 0 Å². The van der Waals surface area contributed by atoms with Crippen LogP contribution < -0.4 is 0 Å². The molecule has 122 valence electrons.